The summed E-state index contributed by atoms with van der Waals surface area (Å²) in [6, 6.07) is 16.8. The second-order valence-corrected chi connectivity index (χ2v) is 7.54. The molecule has 1 aliphatic heterocycles. The van der Waals surface area contributed by atoms with Crippen LogP contribution in [0.2, 0.25) is 0 Å². The number of aromatic nitrogens is 5. The van der Waals surface area contributed by atoms with Crippen LogP contribution < -0.4 is 5.32 Å². The lowest BCUT2D eigenvalue weighted by Crippen LogP contribution is -2.28. The van der Waals surface area contributed by atoms with Crippen molar-refractivity contribution in [2.75, 3.05) is 18.5 Å². The summed E-state index contributed by atoms with van der Waals surface area (Å²) in [7, 11) is 0. The fourth-order valence-corrected chi connectivity index (χ4v) is 3.78. The molecule has 1 aromatic carbocycles. The van der Waals surface area contributed by atoms with Gasteiger partial charge in [-0.3, -0.25) is 4.40 Å². The van der Waals surface area contributed by atoms with Gasteiger partial charge >= 0.3 is 0 Å². The summed E-state index contributed by atoms with van der Waals surface area (Å²) in [6.45, 7) is 1.57. The number of pyridine rings is 1. The first kappa shape index (κ1) is 18.7. The zero-order chi connectivity index (χ0) is 20.2. The van der Waals surface area contributed by atoms with Crippen LogP contribution in [0.5, 0.6) is 0 Å². The van der Waals surface area contributed by atoms with Crippen molar-refractivity contribution in [2.45, 2.75) is 31.7 Å². The molecule has 7 heteroatoms. The molecule has 0 radical (unpaired) electrons. The van der Waals surface area contributed by atoms with Crippen LogP contribution in [0.3, 0.4) is 0 Å². The van der Waals surface area contributed by atoms with Crippen LogP contribution in [0.1, 0.15) is 24.2 Å². The molecule has 4 heterocycles. The Labute approximate surface area is 175 Å². The number of hydrogen-bond donors (Lipinski definition) is 1. The molecule has 0 amide bonds. The third kappa shape index (κ3) is 4.16. The van der Waals surface area contributed by atoms with E-state index in [-0.39, 0.29) is 0 Å². The molecule has 1 aliphatic rings. The largest absolute Gasteiger partial charge is 0.381 e. The van der Waals surface area contributed by atoms with Crippen molar-refractivity contribution in [3.63, 3.8) is 0 Å². The minimum atomic E-state index is 0.361. The number of aryl methyl sites for hydroxylation is 2. The van der Waals surface area contributed by atoms with E-state index < -0.39 is 0 Å². The van der Waals surface area contributed by atoms with Crippen LogP contribution in [0.15, 0.2) is 60.9 Å². The Morgan fingerprint density at radius 1 is 1.00 bits per heavy atom. The highest BCUT2D eigenvalue weighted by molar-refractivity contribution is 5.64. The average molecular weight is 400 g/mol. The van der Waals surface area contributed by atoms with Crippen LogP contribution in [0.25, 0.3) is 16.9 Å². The first-order valence-corrected chi connectivity index (χ1v) is 10.4. The van der Waals surface area contributed by atoms with Gasteiger partial charge in [0.05, 0.1) is 5.69 Å². The molecule has 5 rings (SSSR count). The molecule has 1 saturated heterocycles. The number of anilines is 1. The van der Waals surface area contributed by atoms with Crippen LogP contribution in [-0.2, 0) is 17.6 Å². The maximum Gasteiger partial charge on any atom is 0.223 e. The molecule has 1 N–H and O–H groups in total. The minimum absolute atomic E-state index is 0.361. The van der Waals surface area contributed by atoms with Gasteiger partial charge in [0.25, 0.3) is 0 Å². The molecule has 30 heavy (non-hydrogen) atoms. The molecule has 3 aromatic heterocycles. The number of ether oxygens (including phenoxy) is 1. The molecule has 0 saturated carbocycles. The quantitative estimate of drug-likeness (QED) is 0.533. The summed E-state index contributed by atoms with van der Waals surface area (Å²) >= 11 is 0. The second-order valence-electron chi connectivity index (χ2n) is 7.54. The monoisotopic (exact) mass is 400 g/mol. The zero-order valence-corrected chi connectivity index (χ0v) is 16.7. The summed E-state index contributed by atoms with van der Waals surface area (Å²) in [5.74, 6) is 1.62. The number of benzene rings is 1. The van der Waals surface area contributed by atoms with E-state index in [2.05, 4.69) is 55.2 Å². The van der Waals surface area contributed by atoms with Crippen LogP contribution in [0.4, 0.5) is 5.95 Å². The van der Waals surface area contributed by atoms with Crippen molar-refractivity contribution in [3.05, 3.63) is 72.3 Å². The highest BCUT2D eigenvalue weighted by atomic mass is 16.5. The van der Waals surface area contributed by atoms with Crippen molar-refractivity contribution in [1.82, 2.24) is 24.6 Å². The Morgan fingerprint density at radius 2 is 1.87 bits per heavy atom. The van der Waals surface area contributed by atoms with Gasteiger partial charge in [-0.1, -0.05) is 30.3 Å². The number of nitrogens with zero attached hydrogens (tertiary/aromatic N) is 5. The Balaban J connectivity index is 1.33. The molecule has 0 bridgehead atoms. The molecule has 4 aromatic rings. The summed E-state index contributed by atoms with van der Waals surface area (Å²) in [5, 5.41) is 12.2. The lowest BCUT2D eigenvalue weighted by molar-refractivity contribution is 0.0903. The maximum absolute atomic E-state index is 5.42. The number of rotatable bonds is 6. The second kappa shape index (κ2) is 8.59. The Morgan fingerprint density at radius 3 is 2.73 bits per heavy atom. The lowest BCUT2D eigenvalue weighted by Gasteiger charge is -2.23. The van der Waals surface area contributed by atoms with Gasteiger partial charge in [-0.05, 0) is 43.0 Å². The molecule has 1 fully saturated rings. The SMILES string of the molecule is c1ccc(CCc2nnc3cc(-c4ccnc(NC5CCOCC5)n4)ccn23)cc1. The van der Waals surface area contributed by atoms with E-state index in [1.54, 1.807) is 6.20 Å². The number of fused-ring (bicyclic) bond motifs is 1. The number of hydrogen-bond acceptors (Lipinski definition) is 6. The molecular weight excluding hydrogens is 376 g/mol. The predicted octanol–water partition coefficient (Wildman–Crippen LogP) is 3.56. The van der Waals surface area contributed by atoms with E-state index >= 15 is 0 Å². The predicted molar refractivity (Wildman–Crippen MR) is 115 cm³/mol. The Kier molecular flexibility index (Phi) is 5.35. The summed E-state index contributed by atoms with van der Waals surface area (Å²) in [5.41, 5.74) is 4.00. The van der Waals surface area contributed by atoms with Gasteiger partial charge < -0.3 is 10.1 Å². The van der Waals surface area contributed by atoms with Gasteiger partial charge in [-0.2, -0.15) is 0 Å². The summed E-state index contributed by atoms with van der Waals surface area (Å²) < 4.78 is 7.47. The smallest absolute Gasteiger partial charge is 0.223 e. The Hall–Kier alpha value is -3.32. The molecule has 0 unspecified atom stereocenters. The van der Waals surface area contributed by atoms with Crippen molar-refractivity contribution in [2.24, 2.45) is 0 Å². The van der Waals surface area contributed by atoms with Crippen LogP contribution >= 0.6 is 0 Å². The van der Waals surface area contributed by atoms with E-state index in [0.717, 1.165) is 61.6 Å². The van der Waals surface area contributed by atoms with E-state index in [4.69, 9.17) is 9.72 Å². The third-order valence-electron chi connectivity index (χ3n) is 5.47. The van der Waals surface area contributed by atoms with Crippen molar-refractivity contribution < 1.29 is 4.74 Å². The summed E-state index contributed by atoms with van der Waals surface area (Å²) in [6.07, 6.45) is 7.56. The minimum Gasteiger partial charge on any atom is -0.381 e. The molecule has 0 aliphatic carbocycles. The van der Waals surface area contributed by atoms with Gasteiger partial charge in [0.2, 0.25) is 5.95 Å². The standard InChI is InChI=1S/C23H24N6O/c1-2-4-17(5-3-1)6-7-21-27-28-22-16-18(9-13-29(21)22)20-8-12-24-23(26-20)25-19-10-14-30-15-11-19/h1-5,8-9,12-13,16,19H,6-7,10-11,14-15H2,(H,24,25,26). The van der Waals surface area contributed by atoms with E-state index in [0.29, 0.717) is 12.0 Å². The fraction of sp³-hybridized carbons (Fsp3) is 0.304. The average Bonchev–Trinajstić information content (AvgIpc) is 3.21. The summed E-state index contributed by atoms with van der Waals surface area (Å²) in [4.78, 5) is 9.09. The van der Waals surface area contributed by atoms with E-state index in [1.807, 2.05) is 24.4 Å². The van der Waals surface area contributed by atoms with Crippen molar-refractivity contribution in [1.29, 1.82) is 0 Å². The van der Waals surface area contributed by atoms with Crippen LogP contribution in [-0.4, -0.2) is 43.8 Å². The Bertz CT molecular complexity index is 1120. The van der Waals surface area contributed by atoms with Gasteiger partial charge in [0, 0.05) is 43.6 Å². The molecule has 0 atom stereocenters. The van der Waals surface area contributed by atoms with E-state index in [1.165, 1.54) is 5.56 Å². The first-order chi connectivity index (χ1) is 14.8. The molecule has 0 spiro atoms. The first-order valence-electron chi connectivity index (χ1n) is 10.4. The topological polar surface area (TPSA) is 77.2 Å². The molecular formula is C23H24N6O. The number of nitrogens with one attached hydrogen (secondary N) is 1. The van der Waals surface area contributed by atoms with Crippen LogP contribution in [0, 0.1) is 0 Å². The van der Waals surface area contributed by atoms with Crippen molar-refractivity contribution in [3.8, 4) is 11.3 Å². The van der Waals surface area contributed by atoms with Gasteiger partial charge in [-0.25, -0.2) is 9.97 Å². The van der Waals surface area contributed by atoms with Gasteiger partial charge in [0.15, 0.2) is 5.65 Å². The molecule has 152 valence electrons. The highest BCUT2D eigenvalue weighted by Gasteiger charge is 2.15. The molecule has 7 nitrogen and oxygen atoms in total. The third-order valence-corrected chi connectivity index (χ3v) is 5.47. The van der Waals surface area contributed by atoms with E-state index in [9.17, 15) is 0 Å². The maximum atomic E-state index is 5.42. The van der Waals surface area contributed by atoms with Gasteiger partial charge in [0.1, 0.15) is 5.82 Å². The zero-order valence-electron chi connectivity index (χ0n) is 16.7. The highest BCUT2D eigenvalue weighted by Crippen LogP contribution is 2.21. The fourth-order valence-electron chi connectivity index (χ4n) is 3.78. The lowest BCUT2D eigenvalue weighted by atomic mass is 10.1. The van der Waals surface area contributed by atoms with Gasteiger partial charge in [-0.15, -0.1) is 10.2 Å². The normalized spacial score (nSPS) is 14.8. The van der Waals surface area contributed by atoms with Crippen molar-refractivity contribution >= 4 is 11.6 Å².